The van der Waals surface area contributed by atoms with Crippen LogP contribution < -0.4 is 4.90 Å². The molecule has 2 amide bonds. The van der Waals surface area contributed by atoms with E-state index in [-0.39, 0.29) is 11.9 Å². The number of anilines is 1. The van der Waals surface area contributed by atoms with Gasteiger partial charge in [-0.2, -0.15) is 0 Å². The number of carbonyl (C=O) groups is 2. The van der Waals surface area contributed by atoms with E-state index in [1.54, 1.807) is 35.0 Å². The van der Waals surface area contributed by atoms with Crippen molar-refractivity contribution in [2.45, 2.75) is 45.9 Å². The molecule has 1 aromatic heterocycles. The molecule has 0 N–H and O–H groups in total. The molecule has 34 heavy (non-hydrogen) atoms. The molecule has 9 nitrogen and oxygen atoms in total. The average molecular weight is 483 g/mol. The Balaban J connectivity index is 1.67. The SMILES string of the molecule is C[C@@H]1CN(C(=O)c2ccc(-c3nnnn3C)cc2Cl)c2ccccc2CN1C(=O)OC(C)(C)C. The highest BCUT2D eigenvalue weighted by atomic mass is 35.5. The van der Waals surface area contributed by atoms with Gasteiger partial charge in [0.2, 0.25) is 0 Å². The van der Waals surface area contributed by atoms with Crippen LogP contribution in [0.1, 0.15) is 43.6 Å². The molecular formula is C24H27ClN6O3. The first-order chi connectivity index (χ1) is 16.0. The average Bonchev–Trinajstić information content (AvgIpc) is 3.13. The van der Waals surface area contributed by atoms with Crippen LogP contribution in [0, 0.1) is 0 Å². The summed E-state index contributed by atoms with van der Waals surface area (Å²) in [5, 5.41) is 11.8. The van der Waals surface area contributed by atoms with Crippen molar-refractivity contribution in [3.05, 3.63) is 58.6 Å². The Morgan fingerprint density at radius 1 is 1.15 bits per heavy atom. The fourth-order valence-electron chi connectivity index (χ4n) is 3.91. The van der Waals surface area contributed by atoms with Crippen LogP contribution in [0.25, 0.3) is 11.4 Å². The Bertz CT molecular complexity index is 1240. The van der Waals surface area contributed by atoms with Crippen molar-refractivity contribution in [3.8, 4) is 11.4 Å². The minimum atomic E-state index is -0.619. The maximum Gasteiger partial charge on any atom is 0.410 e. The molecule has 0 aliphatic carbocycles. The largest absolute Gasteiger partial charge is 0.444 e. The lowest BCUT2D eigenvalue weighted by Crippen LogP contribution is -2.46. The van der Waals surface area contributed by atoms with Crippen molar-refractivity contribution in [2.75, 3.05) is 11.4 Å². The molecule has 10 heteroatoms. The molecule has 0 radical (unpaired) electrons. The number of tetrazole rings is 1. The maximum atomic E-state index is 13.7. The number of carbonyl (C=O) groups excluding carboxylic acids is 2. The van der Waals surface area contributed by atoms with Crippen LogP contribution in [0.2, 0.25) is 5.02 Å². The summed E-state index contributed by atoms with van der Waals surface area (Å²) < 4.78 is 7.15. The highest BCUT2D eigenvalue weighted by Gasteiger charge is 2.34. The van der Waals surface area contributed by atoms with Crippen LogP contribution in [-0.4, -0.2) is 55.3 Å². The van der Waals surface area contributed by atoms with E-state index < -0.39 is 11.7 Å². The maximum absolute atomic E-state index is 13.7. The number of aromatic nitrogens is 4. The van der Waals surface area contributed by atoms with Crippen molar-refractivity contribution >= 4 is 29.3 Å². The van der Waals surface area contributed by atoms with E-state index in [9.17, 15) is 9.59 Å². The third kappa shape index (κ3) is 4.75. The number of hydrogen-bond donors (Lipinski definition) is 0. The van der Waals surface area contributed by atoms with E-state index in [0.717, 1.165) is 11.3 Å². The topological polar surface area (TPSA) is 93.5 Å². The Kier molecular flexibility index (Phi) is 6.31. The number of fused-ring (bicyclic) bond motifs is 1. The summed E-state index contributed by atoms with van der Waals surface area (Å²) in [5.41, 5.74) is 2.03. The van der Waals surface area contributed by atoms with Gasteiger partial charge in [-0.1, -0.05) is 35.9 Å². The number of halogens is 1. The molecule has 0 unspecified atom stereocenters. The van der Waals surface area contributed by atoms with Crippen LogP contribution in [-0.2, 0) is 18.3 Å². The van der Waals surface area contributed by atoms with Gasteiger partial charge in [0, 0.05) is 24.8 Å². The minimum Gasteiger partial charge on any atom is -0.444 e. The van der Waals surface area contributed by atoms with E-state index >= 15 is 0 Å². The van der Waals surface area contributed by atoms with Gasteiger partial charge in [0.1, 0.15) is 5.60 Å². The molecule has 1 aliphatic heterocycles. The van der Waals surface area contributed by atoms with Gasteiger partial charge in [-0.25, -0.2) is 9.48 Å². The molecule has 0 spiro atoms. The highest BCUT2D eigenvalue weighted by Crippen LogP contribution is 2.32. The van der Waals surface area contributed by atoms with Gasteiger partial charge in [0.15, 0.2) is 5.82 Å². The van der Waals surface area contributed by atoms with Gasteiger partial charge in [-0.15, -0.1) is 5.10 Å². The summed E-state index contributed by atoms with van der Waals surface area (Å²) in [4.78, 5) is 30.0. The normalized spacial score (nSPS) is 16.1. The molecule has 0 bridgehead atoms. The summed E-state index contributed by atoms with van der Waals surface area (Å²) in [6, 6.07) is 12.4. The standard InChI is InChI=1S/C24H27ClN6O3/c1-15-13-31(20-9-7-6-8-17(20)14-30(15)23(33)34-24(2,3)4)22(32)18-11-10-16(12-19(18)25)21-26-27-28-29(21)5/h6-12,15H,13-14H2,1-5H3/t15-/m1/s1. The number of nitrogens with zero attached hydrogens (tertiary/aromatic N) is 6. The summed E-state index contributed by atoms with van der Waals surface area (Å²) in [7, 11) is 1.73. The molecule has 2 heterocycles. The number of ether oxygens (including phenoxy) is 1. The van der Waals surface area contributed by atoms with Crippen molar-refractivity contribution in [2.24, 2.45) is 7.05 Å². The van der Waals surface area contributed by atoms with Gasteiger partial charge in [0.25, 0.3) is 5.91 Å². The van der Waals surface area contributed by atoms with Crippen LogP contribution >= 0.6 is 11.6 Å². The second kappa shape index (κ2) is 9.06. The van der Waals surface area contributed by atoms with E-state index in [1.165, 1.54) is 4.68 Å². The van der Waals surface area contributed by atoms with E-state index in [4.69, 9.17) is 16.3 Å². The van der Waals surface area contributed by atoms with E-state index in [1.807, 2.05) is 52.0 Å². The molecule has 3 aromatic rings. The number of aryl methyl sites for hydroxylation is 1. The second-order valence-electron chi connectivity index (χ2n) is 9.32. The fraction of sp³-hybridized carbons (Fsp3) is 0.375. The Hall–Kier alpha value is -3.46. The zero-order chi connectivity index (χ0) is 24.6. The number of para-hydroxylation sites is 1. The molecule has 0 fully saturated rings. The first-order valence-corrected chi connectivity index (χ1v) is 11.3. The zero-order valence-electron chi connectivity index (χ0n) is 19.8. The smallest absolute Gasteiger partial charge is 0.410 e. The van der Waals surface area contributed by atoms with Crippen molar-refractivity contribution in [1.29, 1.82) is 0 Å². The lowest BCUT2D eigenvalue weighted by molar-refractivity contribution is 0.0167. The molecular weight excluding hydrogens is 456 g/mol. The molecule has 178 valence electrons. The Labute approximate surface area is 203 Å². The first-order valence-electron chi connectivity index (χ1n) is 11.0. The number of benzene rings is 2. The van der Waals surface area contributed by atoms with Crippen LogP contribution in [0.5, 0.6) is 0 Å². The number of amides is 2. The van der Waals surface area contributed by atoms with E-state index in [0.29, 0.717) is 35.1 Å². The lowest BCUT2D eigenvalue weighted by atomic mass is 10.1. The van der Waals surface area contributed by atoms with Crippen molar-refractivity contribution in [3.63, 3.8) is 0 Å². The number of hydrogen-bond acceptors (Lipinski definition) is 6. The molecule has 1 aliphatic rings. The van der Waals surface area contributed by atoms with Gasteiger partial charge in [0.05, 0.1) is 23.2 Å². The minimum absolute atomic E-state index is 0.252. The van der Waals surface area contributed by atoms with Crippen LogP contribution in [0.4, 0.5) is 10.5 Å². The molecule has 2 aromatic carbocycles. The van der Waals surface area contributed by atoms with Gasteiger partial charge < -0.3 is 9.64 Å². The fourth-order valence-corrected chi connectivity index (χ4v) is 4.17. The van der Waals surface area contributed by atoms with Crippen molar-refractivity contribution < 1.29 is 14.3 Å². The van der Waals surface area contributed by atoms with Gasteiger partial charge in [-0.05, 0) is 61.9 Å². The Morgan fingerprint density at radius 3 is 2.53 bits per heavy atom. The summed E-state index contributed by atoms with van der Waals surface area (Å²) in [5.74, 6) is 0.292. The zero-order valence-corrected chi connectivity index (χ0v) is 20.6. The van der Waals surface area contributed by atoms with Crippen LogP contribution in [0.15, 0.2) is 42.5 Å². The number of rotatable bonds is 2. The molecule has 0 saturated heterocycles. The molecule has 1 atom stereocenters. The van der Waals surface area contributed by atoms with Gasteiger partial charge >= 0.3 is 6.09 Å². The van der Waals surface area contributed by atoms with Crippen molar-refractivity contribution in [1.82, 2.24) is 25.1 Å². The molecule has 0 saturated carbocycles. The highest BCUT2D eigenvalue weighted by molar-refractivity contribution is 6.34. The first kappa shape index (κ1) is 23.7. The second-order valence-corrected chi connectivity index (χ2v) is 9.73. The predicted molar refractivity (Wildman–Crippen MR) is 129 cm³/mol. The third-order valence-electron chi connectivity index (χ3n) is 5.55. The Morgan fingerprint density at radius 2 is 1.88 bits per heavy atom. The predicted octanol–water partition coefficient (Wildman–Crippen LogP) is 4.32. The summed E-state index contributed by atoms with van der Waals surface area (Å²) in [6.07, 6.45) is -0.413. The van der Waals surface area contributed by atoms with Crippen LogP contribution in [0.3, 0.4) is 0 Å². The third-order valence-corrected chi connectivity index (χ3v) is 5.87. The molecule has 4 rings (SSSR count). The lowest BCUT2D eigenvalue weighted by Gasteiger charge is -2.31. The summed E-state index contributed by atoms with van der Waals surface area (Å²) >= 11 is 6.56. The monoisotopic (exact) mass is 482 g/mol. The van der Waals surface area contributed by atoms with E-state index in [2.05, 4.69) is 15.5 Å². The summed E-state index contributed by atoms with van der Waals surface area (Å²) in [6.45, 7) is 8.03. The quantitative estimate of drug-likeness (QED) is 0.540. The van der Waals surface area contributed by atoms with Gasteiger partial charge in [-0.3, -0.25) is 9.69 Å².